The van der Waals surface area contributed by atoms with E-state index in [9.17, 15) is 9.59 Å². The molecule has 0 spiro atoms. The summed E-state index contributed by atoms with van der Waals surface area (Å²) in [6.07, 6.45) is 3.53. The predicted molar refractivity (Wildman–Crippen MR) is 151 cm³/mol. The summed E-state index contributed by atoms with van der Waals surface area (Å²) in [6.45, 7) is 4.00. The normalized spacial score (nSPS) is 15.2. The minimum atomic E-state index is -0.458. The van der Waals surface area contributed by atoms with Crippen molar-refractivity contribution in [1.29, 1.82) is 0 Å². The molecular weight excluding hydrogens is 534 g/mol. The molecule has 5 nitrogen and oxygen atoms in total. The van der Waals surface area contributed by atoms with E-state index in [1.807, 2.05) is 97.4 Å². The first kappa shape index (κ1) is 23.9. The van der Waals surface area contributed by atoms with Gasteiger partial charge in [-0.25, -0.2) is 0 Å². The standard InChI is InChI=1S/C29H22BrN3O2S/c1-19-10-13-25(17-20(19)2)33-28(35)26(27(34)32(29(33)36)23-7-4-3-5-8-23)18-24-9-6-16-31(24)22-14-11-21(30)12-15-22/h3-18H,1-2H3/b26-18-. The number of thiocarbonyl (C=S) groups is 1. The van der Waals surface area contributed by atoms with Crippen molar-refractivity contribution < 1.29 is 9.59 Å². The third-order valence-electron chi connectivity index (χ3n) is 6.19. The van der Waals surface area contributed by atoms with E-state index in [4.69, 9.17) is 12.2 Å². The summed E-state index contributed by atoms with van der Waals surface area (Å²) in [7, 11) is 0. The zero-order valence-corrected chi connectivity index (χ0v) is 22.1. The number of hydrogen-bond donors (Lipinski definition) is 0. The van der Waals surface area contributed by atoms with Crippen LogP contribution in [0.3, 0.4) is 0 Å². The Morgan fingerprint density at radius 2 is 1.36 bits per heavy atom. The van der Waals surface area contributed by atoms with Crippen molar-refractivity contribution in [1.82, 2.24) is 4.57 Å². The van der Waals surface area contributed by atoms with Crippen molar-refractivity contribution in [2.24, 2.45) is 0 Å². The highest BCUT2D eigenvalue weighted by Crippen LogP contribution is 2.31. The molecule has 7 heteroatoms. The largest absolute Gasteiger partial charge is 0.317 e. The number of halogens is 1. The number of aromatic nitrogens is 1. The third-order valence-corrected chi connectivity index (χ3v) is 7.08. The van der Waals surface area contributed by atoms with Crippen LogP contribution in [0.1, 0.15) is 16.8 Å². The van der Waals surface area contributed by atoms with Gasteiger partial charge in [0.2, 0.25) is 0 Å². The fraction of sp³-hybridized carbons (Fsp3) is 0.0690. The quantitative estimate of drug-likeness (QED) is 0.162. The Kier molecular flexibility index (Phi) is 6.43. The van der Waals surface area contributed by atoms with Gasteiger partial charge in [0.25, 0.3) is 11.8 Å². The van der Waals surface area contributed by atoms with Crippen molar-refractivity contribution in [3.63, 3.8) is 0 Å². The minimum Gasteiger partial charge on any atom is -0.317 e. The summed E-state index contributed by atoms with van der Waals surface area (Å²) in [5.41, 5.74) is 5.00. The highest BCUT2D eigenvalue weighted by Gasteiger charge is 2.41. The Hall–Kier alpha value is -3.81. The van der Waals surface area contributed by atoms with Crippen LogP contribution in [0.25, 0.3) is 11.8 Å². The molecule has 0 aliphatic carbocycles. The number of nitrogens with zero attached hydrogens (tertiary/aromatic N) is 3. The van der Waals surface area contributed by atoms with E-state index in [0.717, 1.165) is 21.3 Å². The lowest BCUT2D eigenvalue weighted by atomic mass is 10.1. The van der Waals surface area contributed by atoms with E-state index >= 15 is 0 Å². The van der Waals surface area contributed by atoms with E-state index in [2.05, 4.69) is 15.9 Å². The van der Waals surface area contributed by atoms with Gasteiger partial charge in [-0.2, -0.15) is 0 Å². The van der Waals surface area contributed by atoms with Gasteiger partial charge in [-0.3, -0.25) is 19.4 Å². The van der Waals surface area contributed by atoms with Crippen LogP contribution in [0.15, 0.2) is 101 Å². The van der Waals surface area contributed by atoms with Crippen molar-refractivity contribution in [3.8, 4) is 5.69 Å². The van der Waals surface area contributed by atoms with Gasteiger partial charge in [0.15, 0.2) is 5.11 Å². The Balaban J connectivity index is 1.65. The van der Waals surface area contributed by atoms with E-state index in [1.165, 1.54) is 9.80 Å². The summed E-state index contributed by atoms with van der Waals surface area (Å²) in [4.78, 5) is 30.5. The number of carbonyl (C=O) groups is 2. The smallest absolute Gasteiger partial charge is 0.270 e. The van der Waals surface area contributed by atoms with Crippen molar-refractivity contribution in [2.45, 2.75) is 13.8 Å². The molecule has 36 heavy (non-hydrogen) atoms. The Bertz CT molecular complexity index is 1520. The van der Waals surface area contributed by atoms with Crippen LogP contribution < -0.4 is 9.80 Å². The second kappa shape index (κ2) is 9.68. The van der Waals surface area contributed by atoms with Crippen LogP contribution in [-0.2, 0) is 9.59 Å². The molecule has 0 N–H and O–H groups in total. The molecule has 178 valence electrons. The number of para-hydroxylation sites is 1. The first-order valence-corrected chi connectivity index (χ1v) is 12.6. The predicted octanol–water partition coefficient (Wildman–Crippen LogP) is 6.60. The summed E-state index contributed by atoms with van der Waals surface area (Å²) >= 11 is 9.19. The molecule has 2 heterocycles. The minimum absolute atomic E-state index is 0.0303. The lowest BCUT2D eigenvalue weighted by Crippen LogP contribution is -2.57. The fourth-order valence-corrected chi connectivity index (χ4v) is 4.76. The molecule has 2 amide bonds. The average molecular weight is 556 g/mol. The number of hydrogen-bond acceptors (Lipinski definition) is 3. The topological polar surface area (TPSA) is 45.6 Å². The molecule has 5 rings (SSSR count). The molecule has 4 aromatic rings. The van der Waals surface area contributed by atoms with Crippen LogP contribution >= 0.6 is 28.1 Å². The van der Waals surface area contributed by atoms with Gasteiger partial charge in [-0.15, -0.1) is 0 Å². The van der Waals surface area contributed by atoms with Crippen LogP contribution in [0.5, 0.6) is 0 Å². The fourth-order valence-electron chi connectivity index (χ4n) is 4.12. The SMILES string of the molecule is Cc1ccc(N2C(=O)/C(=C\c3cccn3-c3ccc(Br)cc3)C(=O)N(c3ccccc3)C2=S)cc1C. The molecule has 0 bridgehead atoms. The summed E-state index contributed by atoms with van der Waals surface area (Å²) < 4.78 is 2.90. The number of amides is 2. The number of benzene rings is 3. The van der Waals surface area contributed by atoms with Gasteiger partial charge < -0.3 is 4.57 Å². The lowest BCUT2D eigenvalue weighted by molar-refractivity contribution is -0.120. The maximum atomic E-state index is 13.8. The lowest BCUT2D eigenvalue weighted by Gasteiger charge is -2.36. The van der Waals surface area contributed by atoms with Gasteiger partial charge in [-0.05, 0) is 104 Å². The summed E-state index contributed by atoms with van der Waals surface area (Å²) in [6, 6.07) is 26.4. The zero-order valence-electron chi connectivity index (χ0n) is 19.7. The number of rotatable bonds is 4. The maximum absolute atomic E-state index is 13.8. The van der Waals surface area contributed by atoms with Crippen LogP contribution in [-0.4, -0.2) is 21.5 Å². The van der Waals surface area contributed by atoms with Gasteiger partial charge in [0.1, 0.15) is 5.57 Å². The van der Waals surface area contributed by atoms with Gasteiger partial charge in [0, 0.05) is 22.1 Å². The Labute approximate surface area is 223 Å². The molecule has 0 radical (unpaired) electrons. The van der Waals surface area contributed by atoms with E-state index in [0.29, 0.717) is 17.1 Å². The molecule has 1 fully saturated rings. The average Bonchev–Trinajstić information content (AvgIpc) is 3.33. The maximum Gasteiger partial charge on any atom is 0.270 e. The van der Waals surface area contributed by atoms with Gasteiger partial charge >= 0.3 is 0 Å². The summed E-state index contributed by atoms with van der Waals surface area (Å²) in [5, 5.41) is 0.125. The zero-order chi connectivity index (χ0) is 25.4. The van der Waals surface area contributed by atoms with Crippen molar-refractivity contribution >= 4 is 62.5 Å². The molecule has 0 atom stereocenters. The second-order valence-corrected chi connectivity index (χ2v) is 9.79. The third kappa shape index (κ3) is 4.32. The number of aryl methyl sites for hydroxylation is 2. The molecular formula is C29H22BrN3O2S. The number of carbonyl (C=O) groups excluding carboxylic acids is 2. The summed E-state index contributed by atoms with van der Waals surface area (Å²) in [5.74, 6) is -0.913. The monoisotopic (exact) mass is 555 g/mol. The van der Waals surface area contributed by atoms with Crippen molar-refractivity contribution in [2.75, 3.05) is 9.80 Å². The van der Waals surface area contributed by atoms with E-state index < -0.39 is 11.8 Å². The highest BCUT2D eigenvalue weighted by molar-refractivity contribution is 9.10. The number of anilines is 2. The van der Waals surface area contributed by atoms with Crippen LogP contribution in [0, 0.1) is 13.8 Å². The van der Waals surface area contributed by atoms with E-state index in [1.54, 1.807) is 18.2 Å². The van der Waals surface area contributed by atoms with Gasteiger partial charge in [0.05, 0.1) is 11.4 Å². The highest BCUT2D eigenvalue weighted by atomic mass is 79.9. The molecule has 1 saturated heterocycles. The second-order valence-electron chi connectivity index (χ2n) is 8.51. The van der Waals surface area contributed by atoms with Crippen LogP contribution in [0.2, 0.25) is 0 Å². The molecule has 1 aromatic heterocycles. The molecule has 1 aliphatic heterocycles. The van der Waals surface area contributed by atoms with Gasteiger partial charge in [-0.1, -0.05) is 40.2 Å². The Morgan fingerprint density at radius 3 is 2.03 bits per heavy atom. The molecule has 0 unspecified atom stereocenters. The first-order chi connectivity index (χ1) is 17.3. The first-order valence-electron chi connectivity index (χ1n) is 11.4. The molecule has 3 aromatic carbocycles. The van der Waals surface area contributed by atoms with Crippen molar-refractivity contribution in [3.05, 3.63) is 118 Å². The van der Waals surface area contributed by atoms with E-state index in [-0.39, 0.29) is 10.7 Å². The Morgan fingerprint density at radius 1 is 0.722 bits per heavy atom. The molecule has 1 aliphatic rings. The molecule has 0 saturated carbocycles. The van der Waals surface area contributed by atoms with Crippen LogP contribution in [0.4, 0.5) is 11.4 Å².